The zero-order chi connectivity index (χ0) is 11.4. The zero-order valence-electron chi connectivity index (χ0n) is 8.98. The molecule has 6 heteroatoms. The first kappa shape index (κ1) is 11.1. The number of carbonyl (C=O) groups excluding carboxylic acids is 1. The van der Waals surface area contributed by atoms with Crippen molar-refractivity contribution in [2.45, 2.75) is 31.6 Å². The van der Waals surface area contributed by atoms with Gasteiger partial charge in [-0.1, -0.05) is 0 Å². The number of rotatable bonds is 4. The first-order chi connectivity index (χ1) is 7.79. The molecule has 6 nitrogen and oxygen atoms in total. The Morgan fingerprint density at radius 3 is 3.19 bits per heavy atom. The van der Waals surface area contributed by atoms with Gasteiger partial charge in [0, 0.05) is 12.7 Å². The van der Waals surface area contributed by atoms with Crippen molar-refractivity contribution >= 4 is 5.91 Å². The summed E-state index contributed by atoms with van der Waals surface area (Å²) in [6.45, 7) is 0.927. The number of hydrogen-bond acceptors (Lipinski definition) is 4. The van der Waals surface area contributed by atoms with E-state index >= 15 is 0 Å². The summed E-state index contributed by atoms with van der Waals surface area (Å²) >= 11 is 0. The summed E-state index contributed by atoms with van der Waals surface area (Å²) in [5.41, 5.74) is 6.35. The summed E-state index contributed by atoms with van der Waals surface area (Å²) < 4.78 is 5.48. The van der Waals surface area contributed by atoms with Crippen LogP contribution in [0.1, 0.15) is 18.5 Å². The van der Waals surface area contributed by atoms with Crippen molar-refractivity contribution in [3.63, 3.8) is 0 Å². The molecule has 2 atom stereocenters. The van der Waals surface area contributed by atoms with E-state index < -0.39 is 0 Å². The van der Waals surface area contributed by atoms with Crippen molar-refractivity contribution in [3.05, 3.63) is 18.0 Å². The predicted molar refractivity (Wildman–Crippen MR) is 57.4 cm³/mol. The number of H-pyrrole nitrogens is 1. The summed E-state index contributed by atoms with van der Waals surface area (Å²) in [7, 11) is 0. The van der Waals surface area contributed by atoms with Gasteiger partial charge in [0.25, 0.3) is 0 Å². The van der Waals surface area contributed by atoms with Crippen LogP contribution in [0.5, 0.6) is 0 Å². The molecule has 1 saturated heterocycles. The van der Waals surface area contributed by atoms with Crippen molar-refractivity contribution in [2.75, 3.05) is 6.54 Å². The van der Waals surface area contributed by atoms with Crippen LogP contribution < -0.4 is 11.1 Å². The Morgan fingerprint density at radius 1 is 1.69 bits per heavy atom. The molecule has 4 N–H and O–H groups in total. The maximum atomic E-state index is 11.7. The summed E-state index contributed by atoms with van der Waals surface area (Å²) in [6.07, 6.45) is 2.94. The molecular formula is C10H16N4O2. The second kappa shape index (κ2) is 5.09. The average Bonchev–Trinajstić information content (AvgIpc) is 2.96. The number of hydrogen-bond donors (Lipinski definition) is 3. The maximum absolute atomic E-state index is 11.7. The minimum absolute atomic E-state index is 0.0305. The van der Waals surface area contributed by atoms with Crippen LogP contribution in [0.3, 0.4) is 0 Å². The van der Waals surface area contributed by atoms with Crippen LogP contribution in [0.2, 0.25) is 0 Å². The first-order valence-electron chi connectivity index (χ1n) is 5.41. The number of nitrogens with two attached hydrogens (primary N) is 1. The normalized spacial score (nSPS) is 24.6. The van der Waals surface area contributed by atoms with Crippen molar-refractivity contribution in [1.29, 1.82) is 0 Å². The molecule has 1 fully saturated rings. The topological polar surface area (TPSA) is 93.0 Å². The molecule has 0 saturated carbocycles. The monoisotopic (exact) mass is 224 g/mol. The third-order valence-corrected chi connectivity index (χ3v) is 2.67. The predicted octanol–water partition coefficient (Wildman–Crippen LogP) is -0.468. The van der Waals surface area contributed by atoms with Gasteiger partial charge in [-0.3, -0.25) is 9.89 Å². The Morgan fingerprint density at radius 2 is 2.56 bits per heavy atom. The minimum atomic E-state index is -0.350. The molecular weight excluding hydrogens is 208 g/mol. The van der Waals surface area contributed by atoms with E-state index in [4.69, 9.17) is 10.5 Å². The molecule has 0 aromatic carbocycles. The molecule has 1 amide bonds. The van der Waals surface area contributed by atoms with E-state index in [-0.39, 0.29) is 18.1 Å². The second-order valence-corrected chi connectivity index (χ2v) is 3.86. The lowest BCUT2D eigenvalue weighted by Crippen LogP contribution is -2.35. The van der Waals surface area contributed by atoms with E-state index in [0.717, 1.165) is 18.5 Å². The molecule has 1 aliphatic heterocycles. The summed E-state index contributed by atoms with van der Waals surface area (Å²) in [5, 5.41) is 9.37. The van der Waals surface area contributed by atoms with E-state index in [0.29, 0.717) is 13.1 Å². The fourth-order valence-corrected chi connectivity index (χ4v) is 1.75. The quantitative estimate of drug-likeness (QED) is 0.644. The lowest BCUT2D eigenvalue weighted by molar-refractivity contribution is -0.132. The fourth-order valence-electron chi connectivity index (χ4n) is 1.75. The lowest BCUT2D eigenvalue weighted by atomic mass is 10.2. The van der Waals surface area contributed by atoms with Crippen LogP contribution in [0.4, 0.5) is 0 Å². The minimum Gasteiger partial charge on any atom is -0.364 e. The van der Waals surface area contributed by atoms with Crippen LogP contribution in [0, 0.1) is 0 Å². The van der Waals surface area contributed by atoms with Crippen LogP contribution in [0.25, 0.3) is 0 Å². The summed E-state index contributed by atoms with van der Waals surface area (Å²) in [4.78, 5) is 11.7. The molecule has 1 aromatic rings. The van der Waals surface area contributed by atoms with E-state index in [1.807, 2.05) is 6.07 Å². The molecule has 88 valence electrons. The lowest BCUT2D eigenvalue weighted by Gasteiger charge is -2.11. The summed E-state index contributed by atoms with van der Waals surface area (Å²) in [6, 6.07) is 1.82. The van der Waals surface area contributed by atoms with E-state index in [1.165, 1.54) is 0 Å². The molecule has 1 aromatic heterocycles. The van der Waals surface area contributed by atoms with Gasteiger partial charge in [-0.2, -0.15) is 5.10 Å². The molecule has 0 spiro atoms. The highest BCUT2D eigenvalue weighted by Crippen LogP contribution is 2.18. The van der Waals surface area contributed by atoms with E-state index in [2.05, 4.69) is 15.5 Å². The Bertz CT molecular complexity index is 339. The molecule has 2 unspecified atom stereocenters. The van der Waals surface area contributed by atoms with Gasteiger partial charge in [0.05, 0.1) is 18.3 Å². The fraction of sp³-hybridized carbons (Fsp3) is 0.600. The largest absolute Gasteiger partial charge is 0.364 e. The Balaban J connectivity index is 1.76. The molecule has 0 bridgehead atoms. The SMILES string of the molecule is NCC1CCC(C(=O)NCc2ccn[nH]2)O1. The average molecular weight is 224 g/mol. The first-order valence-corrected chi connectivity index (χ1v) is 5.41. The van der Waals surface area contributed by atoms with Gasteiger partial charge in [-0.15, -0.1) is 0 Å². The number of nitrogens with zero attached hydrogens (tertiary/aromatic N) is 1. The Hall–Kier alpha value is -1.40. The highest BCUT2D eigenvalue weighted by molar-refractivity contribution is 5.80. The van der Waals surface area contributed by atoms with Gasteiger partial charge in [0.1, 0.15) is 6.10 Å². The van der Waals surface area contributed by atoms with Gasteiger partial charge in [-0.25, -0.2) is 0 Å². The number of aromatic nitrogens is 2. The van der Waals surface area contributed by atoms with Gasteiger partial charge in [0.15, 0.2) is 0 Å². The van der Waals surface area contributed by atoms with Gasteiger partial charge in [0.2, 0.25) is 5.91 Å². The number of nitrogens with one attached hydrogen (secondary N) is 2. The molecule has 2 heterocycles. The molecule has 0 aliphatic carbocycles. The van der Waals surface area contributed by atoms with Gasteiger partial charge < -0.3 is 15.8 Å². The van der Waals surface area contributed by atoms with Crippen LogP contribution in [-0.4, -0.2) is 34.9 Å². The molecule has 16 heavy (non-hydrogen) atoms. The van der Waals surface area contributed by atoms with Crippen LogP contribution >= 0.6 is 0 Å². The highest BCUT2D eigenvalue weighted by Gasteiger charge is 2.29. The Labute approximate surface area is 93.5 Å². The third-order valence-electron chi connectivity index (χ3n) is 2.67. The molecule has 2 rings (SSSR count). The molecule has 1 aliphatic rings. The Kier molecular flexibility index (Phi) is 3.53. The molecule has 0 radical (unpaired) electrons. The number of ether oxygens (including phenoxy) is 1. The van der Waals surface area contributed by atoms with Crippen molar-refractivity contribution < 1.29 is 9.53 Å². The van der Waals surface area contributed by atoms with E-state index in [1.54, 1.807) is 6.20 Å². The number of amides is 1. The standard InChI is InChI=1S/C10H16N4O2/c11-5-8-1-2-9(16-8)10(15)12-6-7-3-4-13-14-7/h3-4,8-9H,1-2,5-6,11H2,(H,12,15)(H,13,14). The van der Waals surface area contributed by atoms with Crippen LogP contribution in [0.15, 0.2) is 12.3 Å². The second-order valence-electron chi connectivity index (χ2n) is 3.86. The maximum Gasteiger partial charge on any atom is 0.249 e. The number of aromatic amines is 1. The van der Waals surface area contributed by atoms with Crippen molar-refractivity contribution in [1.82, 2.24) is 15.5 Å². The highest BCUT2D eigenvalue weighted by atomic mass is 16.5. The summed E-state index contributed by atoms with van der Waals surface area (Å²) in [5.74, 6) is -0.0782. The van der Waals surface area contributed by atoms with Gasteiger partial charge >= 0.3 is 0 Å². The van der Waals surface area contributed by atoms with E-state index in [9.17, 15) is 4.79 Å². The zero-order valence-corrected chi connectivity index (χ0v) is 8.98. The van der Waals surface area contributed by atoms with Crippen molar-refractivity contribution in [3.8, 4) is 0 Å². The number of carbonyl (C=O) groups is 1. The van der Waals surface area contributed by atoms with Gasteiger partial charge in [-0.05, 0) is 18.9 Å². The third kappa shape index (κ3) is 2.59. The smallest absolute Gasteiger partial charge is 0.249 e. The van der Waals surface area contributed by atoms with Crippen molar-refractivity contribution in [2.24, 2.45) is 5.73 Å². The van der Waals surface area contributed by atoms with Crippen LogP contribution in [-0.2, 0) is 16.1 Å².